The Morgan fingerprint density at radius 2 is 1.28 bits per heavy atom. The average molecular weight is 454 g/mol. The Morgan fingerprint density at radius 3 is 1.84 bits per heavy atom. The highest BCUT2D eigenvalue weighted by atomic mass is 19.4. The topological polar surface area (TPSA) is 27.7 Å². The van der Waals surface area contributed by atoms with E-state index in [1.165, 1.54) is 18.2 Å². The standard InChI is InChI=1S/C23H16F6O3/c24-18-10-15(13-2-4-14(5-3-13)22-30-8-1-9-31-22)6-7-17(18)16-11-19(25)21(20(26)12-16)32-23(27,28)29/h2-7,10-12,22H,1,8-9H2. The van der Waals surface area contributed by atoms with Crippen molar-refractivity contribution < 1.29 is 40.6 Å². The number of ether oxygens (including phenoxy) is 3. The fraction of sp³-hybridized carbons (Fsp3) is 0.217. The molecule has 0 spiro atoms. The second-order valence-corrected chi connectivity index (χ2v) is 7.06. The molecule has 1 heterocycles. The van der Waals surface area contributed by atoms with E-state index in [0.29, 0.717) is 36.5 Å². The molecule has 0 unspecified atom stereocenters. The Hall–Kier alpha value is -3.04. The molecule has 0 N–H and O–H groups in total. The second kappa shape index (κ2) is 8.84. The van der Waals surface area contributed by atoms with Gasteiger partial charge in [0.1, 0.15) is 5.82 Å². The summed E-state index contributed by atoms with van der Waals surface area (Å²) < 4.78 is 94.0. The Kier molecular flexibility index (Phi) is 6.12. The SMILES string of the molecule is Fc1cc(-c2ccc(C3OCCCO3)cc2)ccc1-c1cc(F)c(OC(F)(F)F)c(F)c1. The first-order valence-corrected chi connectivity index (χ1v) is 9.59. The van der Waals surface area contributed by atoms with Gasteiger partial charge in [0.2, 0.25) is 5.75 Å². The summed E-state index contributed by atoms with van der Waals surface area (Å²) in [6, 6.07) is 12.3. The predicted octanol–water partition coefficient (Wildman–Crippen LogP) is 6.77. The number of hydrogen-bond donors (Lipinski definition) is 0. The van der Waals surface area contributed by atoms with Crippen molar-refractivity contribution in [1.82, 2.24) is 0 Å². The molecule has 1 fully saturated rings. The van der Waals surface area contributed by atoms with Gasteiger partial charge in [-0.25, -0.2) is 13.2 Å². The summed E-state index contributed by atoms with van der Waals surface area (Å²) in [4.78, 5) is 0. The molecule has 1 aliphatic heterocycles. The van der Waals surface area contributed by atoms with Gasteiger partial charge in [-0.15, -0.1) is 13.2 Å². The number of halogens is 6. The molecule has 0 atom stereocenters. The highest BCUT2D eigenvalue weighted by molar-refractivity contribution is 5.71. The quantitative estimate of drug-likeness (QED) is 0.407. The van der Waals surface area contributed by atoms with E-state index in [-0.39, 0.29) is 11.1 Å². The van der Waals surface area contributed by atoms with E-state index in [2.05, 4.69) is 4.74 Å². The second-order valence-electron chi connectivity index (χ2n) is 7.06. The van der Waals surface area contributed by atoms with Gasteiger partial charge < -0.3 is 14.2 Å². The number of alkyl halides is 3. The maximum Gasteiger partial charge on any atom is 0.573 e. The molecule has 3 aromatic carbocycles. The van der Waals surface area contributed by atoms with Crippen molar-refractivity contribution in [3.8, 4) is 28.0 Å². The first-order chi connectivity index (χ1) is 15.2. The highest BCUT2D eigenvalue weighted by Crippen LogP contribution is 2.35. The van der Waals surface area contributed by atoms with Crippen molar-refractivity contribution in [2.45, 2.75) is 19.1 Å². The van der Waals surface area contributed by atoms with Crippen LogP contribution in [0.25, 0.3) is 22.3 Å². The molecule has 0 amide bonds. The van der Waals surface area contributed by atoms with Crippen LogP contribution in [0.4, 0.5) is 26.3 Å². The Bertz CT molecular complexity index is 1080. The lowest BCUT2D eigenvalue weighted by Crippen LogP contribution is -2.19. The maximum atomic E-state index is 14.7. The number of benzene rings is 3. The molecule has 9 heteroatoms. The van der Waals surface area contributed by atoms with Crippen LogP contribution in [0.2, 0.25) is 0 Å². The zero-order valence-electron chi connectivity index (χ0n) is 16.4. The summed E-state index contributed by atoms with van der Waals surface area (Å²) in [5, 5.41) is 0. The van der Waals surface area contributed by atoms with E-state index < -0.39 is 35.9 Å². The van der Waals surface area contributed by atoms with Gasteiger partial charge in [0.15, 0.2) is 17.9 Å². The van der Waals surface area contributed by atoms with Crippen molar-refractivity contribution in [2.75, 3.05) is 13.2 Å². The predicted molar refractivity (Wildman–Crippen MR) is 103 cm³/mol. The number of rotatable bonds is 4. The van der Waals surface area contributed by atoms with Crippen LogP contribution < -0.4 is 4.74 Å². The van der Waals surface area contributed by atoms with Crippen LogP contribution in [0.5, 0.6) is 5.75 Å². The van der Waals surface area contributed by atoms with Gasteiger partial charge in [0.05, 0.1) is 13.2 Å². The van der Waals surface area contributed by atoms with Crippen molar-refractivity contribution in [3.05, 3.63) is 77.6 Å². The Morgan fingerprint density at radius 1 is 0.719 bits per heavy atom. The van der Waals surface area contributed by atoms with Crippen molar-refractivity contribution in [3.63, 3.8) is 0 Å². The first kappa shape index (κ1) is 22.2. The lowest BCUT2D eigenvalue weighted by Gasteiger charge is -2.23. The largest absolute Gasteiger partial charge is 0.573 e. The Balaban J connectivity index is 1.58. The van der Waals surface area contributed by atoms with Gasteiger partial charge in [-0.3, -0.25) is 0 Å². The molecule has 168 valence electrons. The van der Waals surface area contributed by atoms with E-state index in [4.69, 9.17) is 9.47 Å². The molecule has 0 aliphatic carbocycles. The van der Waals surface area contributed by atoms with Crippen LogP contribution in [-0.2, 0) is 9.47 Å². The maximum absolute atomic E-state index is 14.7. The third-order valence-corrected chi connectivity index (χ3v) is 4.84. The molecule has 4 rings (SSSR count). The van der Waals surface area contributed by atoms with Gasteiger partial charge in [-0.1, -0.05) is 36.4 Å². The normalized spacial score (nSPS) is 15.1. The van der Waals surface area contributed by atoms with Crippen molar-refractivity contribution in [1.29, 1.82) is 0 Å². The van der Waals surface area contributed by atoms with Crippen LogP contribution in [0.15, 0.2) is 54.6 Å². The van der Waals surface area contributed by atoms with Gasteiger partial charge >= 0.3 is 6.36 Å². The molecule has 0 radical (unpaired) electrons. The van der Waals surface area contributed by atoms with E-state index in [0.717, 1.165) is 12.0 Å². The van der Waals surface area contributed by atoms with Crippen LogP contribution in [0, 0.1) is 17.5 Å². The minimum absolute atomic E-state index is 0.175. The van der Waals surface area contributed by atoms with Crippen molar-refractivity contribution >= 4 is 0 Å². The summed E-state index contributed by atoms with van der Waals surface area (Å²) in [5.74, 6) is -5.58. The van der Waals surface area contributed by atoms with Gasteiger partial charge in [0, 0.05) is 11.1 Å². The third-order valence-electron chi connectivity index (χ3n) is 4.84. The third kappa shape index (κ3) is 4.89. The van der Waals surface area contributed by atoms with Crippen LogP contribution in [0.3, 0.4) is 0 Å². The zero-order valence-corrected chi connectivity index (χ0v) is 16.4. The average Bonchev–Trinajstić information content (AvgIpc) is 2.76. The van der Waals surface area contributed by atoms with Crippen LogP contribution in [-0.4, -0.2) is 19.6 Å². The van der Waals surface area contributed by atoms with Crippen molar-refractivity contribution in [2.24, 2.45) is 0 Å². The van der Waals surface area contributed by atoms with E-state index in [1.807, 2.05) is 0 Å². The Labute approximate surface area is 179 Å². The highest BCUT2D eigenvalue weighted by Gasteiger charge is 2.34. The lowest BCUT2D eigenvalue weighted by atomic mass is 9.98. The summed E-state index contributed by atoms with van der Waals surface area (Å²) in [6.07, 6.45) is -4.89. The smallest absolute Gasteiger partial charge is 0.399 e. The minimum atomic E-state index is -5.26. The lowest BCUT2D eigenvalue weighted by molar-refractivity contribution is -0.276. The summed E-state index contributed by atoms with van der Waals surface area (Å²) >= 11 is 0. The minimum Gasteiger partial charge on any atom is -0.399 e. The molecule has 0 aromatic heterocycles. The summed E-state index contributed by atoms with van der Waals surface area (Å²) in [5.41, 5.74) is 1.56. The van der Waals surface area contributed by atoms with E-state index in [1.54, 1.807) is 24.3 Å². The number of hydrogen-bond acceptors (Lipinski definition) is 3. The van der Waals surface area contributed by atoms with Crippen LogP contribution in [0.1, 0.15) is 18.3 Å². The van der Waals surface area contributed by atoms with E-state index >= 15 is 0 Å². The molecule has 1 aliphatic rings. The first-order valence-electron chi connectivity index (χ1n) is 9.59. The fourth-order valence-corrected chi connectivity index (χ4v) is 3.37. The molecule has 0 bridgehead atoms. The molecule has 32 heavy (non-hydrogen) atoms. The molecule has 0 saturated carbocycles. The zero-order chi connectivity index (χ0) is 22.9. The molecular formula is C23H16F6O3. The van der Waals surface area contributed by atoms with Crippen LogP contribution >= 0.6 is 0 Å². The molecule has 3 aromatic rings. The van der Waals surface area contributed by atoms with E-state index in [9.17, 15) is 26.3 Å². The summed E-state index contributed by atoms with van der Waals surface area (Å²) in [6.45, 7) is 1.20. The molecule has 1 saturated heterocycles. The fourth-order valence-electron chi connectivity index (χ4n) is 3.37. The van der Waals surface area contributed by atoms with Gasteiger partial charge in [-0.05, 0) is 41.3 Å². The molecular weight excluding hydrogens is 438 g/mol. The summed E-state index contributed by atoms with van der Waals surface area (Å²) in [7, 11) is 0. The van der Waals surface area contributed by atoms with Gasteiger partial charge in [0.25, 0.3) is 0 Å². The monoisotopic (exact) mass is 454 g/mol. The molecule has 3 nitrogen and oxygen atoms in total. The van der Waals surface area contributed by atoms with Gasteiger partial charge in [-0.2, -0.15) is 0 Å².